The van der Waals surface area contributed by atoms with E-state index in [9.17, 15) is 0 Å². The molecule has 3 heterocycles. The summed E-state index contributed by atoms with van der Waals surface area (Å²) in [5.41, 5.74) is 1.85. The zero-order valence-electron chi connectivity index (χ0n) is 8.21. The van der Waals surface area contributed by atoms with Crippen LogP contribution in [-0.2, 0) is 0 Å². The van der Waals surface area contributed by atoms with Crippen LogP contribution in [0.2, 0.25) is 0 Å². The number of fused-ring (bicyclic) bond motifs is 1. The number of aryl methyl sites for hydroxylation is 1. The first-order valence-electron chi connectivity index (χ1n) is 4.69. The summed E-state index contributed by atoms with van der Waals surface area (Å²) < 4.78 is 2.02. The Labute approximate surface area is 91.0 Å². The molecule has 0 aliphatic carbocycles. The SMILES string of the molecule is Cc1ccc(-n2cnc3cccnc32)s1. The number of rotatable bonds is 1. The number of imidazole rings is 1. The Morgan fingerprint density at radius 1 is 1.20 bits per heavy atom. The molecular weight excluding hydrogens is 206 g/mol. The van der Waals surface area contributed by atoms with Gasteiger partial charge in [0.05, 0.1) is 0 Å². The highest BCUT2D eigenvalue weighted by Gasteiger charge is 2.05. The molecule has 3 rings (SSSR count). The van der Waals surface area contributed by atoms with Gasteiger partial charge in [0.2, 0.25) is 0 Å². The van der Waals surface area contributed by atoms with Crippen molar-refractivity contribution in [3.05, 3.63) is 41.7 Å². The van der Waals surface area contributed by atoms with E-state index in [4.69, 9.17) is 0 Å². The molecule has 0 spiro atoms. The first-order chi connectivity index (χ1) is 7.34. The van der Waals surface area contributed by atoms with Crippen LogP contribution in [0.3, 0.4) is 0 Å². The van der Waals surface area contributed by atoms with Crippen LogP contribution in [0.25, 0.3) is 16.2 Å². The van der Waals surface area contributed by atoms with Crippen molar-refractivity contribution in [3.8, 4) is 5.00 Å². The third-order valence-corrected chi connectivity index (χ3v) is 3.27. The third-order valence-electron chi connectivity index (χ3n) is 2.27. The minimum Gasteiger partial charge on any atom is -0.274 e. The Bertz CT molecular complexity index is 609. The molecule has 3 aromatic heterocycles. The van der Waals surface area contributed by atoms with Crippen molar-refractivity contribution < 1.29 is 0 Å². The summed E-state index contributed by atoms with van der Waals surface area (Å²) in [5, 5.41) is 1.16. The molecular formula is C11H9N3S. The average Bonchev–Trinajstić information content (AvgIpc) is 2.83. The molecule has 4 heteroatoms. The van der Waals surface area contributed by atoms with Crippen molar-refractivity contribution in [2.24, 2.45) is 0 Å². The Balaban J connectivity index is 2.27. The Morgan fingerprint density at radius 2 is 2.13 bits per heavy atom. The smallest absolute Gasteiger partial charge is 0.165 e. The molecule has 0 unspecified atom stereocenters. The Hall–Kier alpha value is -1.68. The first-order valence-corrected chi connectivity index (χ1v) is 5.51. The van der Waals surface area contributed by atoms with Gasteiger partial charge in [-0.3, -0.25) is 4.57 Å². The van der Waals surface area contributed by atoms with E-state index in [0.717, 1.165) is 16.2 Å². The molecule has 0 bridgehead atoms. The van der Waals surface area contributed by atoms with Crippen LogP contribution in [0.5, 0.6) is 0 Å². The maximum atomic E-state index is 4.33. The molecule has 0 amide bonds. The van der Waals surface area contributed by atoms with Crippen LogP contribution >= 0.6 is 11.3 Å². The highest BCUT2D eigenvalue weighted by molar-refractivity contribution is 7.14. The molecule has 0 fully saturated rings. The van der Waals surface area contributed by atoms with Gasteiger partial charge in [-0.1, -0.05) is 0 Å². The van der Waals surface area contributed by atoms with Crippen molar-refractivity contribution in [1.29, 1.82) is 0 Å². The predicted molar refractivity (Wildman–Crippen MR) is 61.5 cm³/mol. The second kappa shape index (κ2) is 3.17. The Kier molecular flexibility index (Phi) is 1.82. The van der Waals surface area contributed by atoms with Crippen LogP contribution in [0.15, 0.2) is 36.8 Å². The molecule has 0 saturated heterocycles. The molecule has 15 heavy (non-hydrogen) atoms. The number of hydrogen-bond donors (Lipinski definition) is 0. The number of thiophene rings is 1. The van der Waals surface area contributed by atoms with Crippen molar-refractivity contribution in [2.45, 2.75) is 6.92 Å². The van der Waals surface area contributed by atoms with Crippen molar-refractivity contribution >= 4 is 22.5 Å². The lowest BCUT2D eigenvalue weighted by Crippen LogP contribution is -1.89. The second-order valence-corrected chi connectivity index (χ2v) is 4.61. The number of hydrogen-bond acceptors (Lipinski definition) is 3. The fraction of sp³-hybridized carbons (Fsp3) is 0.0909. The molecule has 0 atom stereocenters. The van der Waals surface area contributed by atoms with Gasteiger partial charge in [0.1, 0.15) is 16.8 Å². The van der Waals surface area contributed by atoms with Crippen LogP contribution in [-0.4, -0.2) is 14.5 Å². The van der Waals surface area contributed by atoms with Crippen LogP contribution in [0, 0.1) is 6.92 Å². The average molecular weight is 215 g/mol. The van der Waals surface area contributed by atoms with Gasteiger partial charge in [0.25, 0.3) is 0 Å². The summed E-state index contributed by atoms with van der Waals surface area (Å²) in [6, 6.07) is 8.07. The highest BCUT2D eigenvalue weighted by Crippen LogP contribution is 2.22. The second-order valence-electron chi connectivity index (χ2n) is 3.34. The summed E-state index contributed by atoms with van der Waals surface area (Å²) in [5.74, 6) is 0. The minimum absolute atomic E-state index is 0.916. The predicted octanol–water partition coefficient (Wildman–Crippen LogP) is 2.79. The fourth-order valence-corrected chi connectivity index (χ4v) is 2.40. The van der Waals surface area contributed by atoms with E-state index in [0.29, 0.717) is 0 Å². The number of aromatic nitrogens is 3. The summed E-state index contributed by atoms with van der Waals surface area (Å²) >= 11 is 1.74. The fourth-order valence-electron chi connectivity index (χ4n) is 1.56. The molecule has 0 saturated carbocycles. The molecule has 0 aromatic carbocycles. The normalized spacial score (nSPS) is 11.0. The van der Waals surface area contributed by atoms with Gasteiger partial charge in [0, 0.05) is 11.1 Å². The maximum absolute atomic E-state index is 4.33. The maximum Gasteiger partial charge on any atom is 0.165 e. The summed E-state index contributed by atoms with van der Waals surface area (Å²) in [6.45, 7) is 2.10. The van der Waals surface area contributed by atoms with Gasteiger partial charge in [-0.2, -0.15) is 0 Å². The van der Waals surface area contributed by atoms with Gasteiger partial charge in [-0.15, -0.1) is 11.3 Å². The van der Waals surface area contributed by atoms with Crippen LogP contribution in [0.1, 0.15) is 4.88 Å². The van der Waals surface area contributed by atoms with Crippen molar-refractivity contribution in [2.75, 3.05) is 0 Å². The zero-order valence-corrected chi connectivity index (χ0v) is 9.03. The first kappa shape index (κ1) is 8.61. The molecule has 3 aromatic rings. The highest BCUT2D eigenvalue weighted by atomic mass is 32.1. The van der Waals surface area contributed by atoms with Gasteiger partial charge < -0.3 is 0 Å². The van der Waals surface area contributed by atoms with Gasteiger partial charge >= 0.3 is 0 Å². The zero-order chi connectivity index (χ0) is 10.3. The van der Waals surface area contributed by atoms with Gasteiger partial charge in [0.15, 0.2) is 5.65 Å². The Morgan fingerprint density at radius 3 is 2.93 bits per heavy atom. The van der Waals surface area contributed by atoms with E-state index in [1.54, 1.807) is 17.5 Å². The number of nitrogens with zero attached hydrogens (tertiary/aromatic N) is 3. The van der Waals surface area contributed by atoms with Crippen molar-refractivity contribution in [1.82, 2.24) is 14.5 Å². The molecule has 0 aliphatic heterocycles. The molecule has 0 aliphatic rings. The largest absolute Gasteiger partial charge is 0.274 e. The summed E-state index contributed by atoms with van der Waals surface area (Å²) in [6.07, 6.45) is 3.61. The lowest BCUT2D eigenvalue weighted by molar-refractivity contribution is 1.09. The van der Waals surface area contributed by atoms with Gasteiger partial charge in [-0.25, -0.2) is 9.97 Å². The van der Waals surface area contributed by atoms with Crippen molar-refractivity contribution in [3.63, 3.8) is 0 Å². The lowest BCUT2D eigenvalue weighted by atomic mass is 10.4. The van der Waals surface area contributed by atoms with E-state index >= 15 is 0 Å². The molecule has 0 N–H and O–H groups in total. The standard InChI is InChI=1S/C11H9N3S/c1-8-4-5-10(15-8)14-7-13-9-3-2-6-12-11(9)14/h2-7H,1H3. The lowest BCUT2D eigenvalue weighted by Gasteiger charge is -1.97. The number of pyridine rings is 1. The van der Waals surface area contributed by atoms with E-state index in [1.165, 1.54) is 4.88 Å². The minimum atomic E-state index is 0.916. The summed E-state index contributed by atoms with van der Waals surface area (Å²) in [7, 11) is 0. The van der Waals surface area contributed by atoms with Crippen LogP contribution in [0.4, 0.5) is 0 Å². The quantitative estimate of drug-likeness (QED) is 0.625. The third kappa shape index (κ3) is 1.34. The topological polar surface area (TPSA) is 30.7 Å². The van der Waals surface area contributed by atoms with E-state index in [-0.39, 0.29) is 0 Å². The monoisotopic (exact) mass is 215 g/mol. The van der Waals surface area contributed by atoms with E-state index < -0.39 is 0 Å². The summed E-state index contributed by atoms with van der Waals surface area (Å²) in [4.78, 5) is 9.94. The molecule has 74 valence electrons. The van der Waals surface area contributed by atoms with Crippen LogP contribution < -0.4 is 0 Å². The van der Waals surface area contributed by atoms with E-state index in [2.05, 4.69) is 29.0 Å². The molecule has 3 nitrogen and oxygen atoms in total. The van der Waals surface area contributed by atoms with E-state index in [1.807, 2.05) is 23.0 Å². The molecule has 0 radical (unpaired) electrons. The van der Waals surface area contributed by atoms with Gasteiger partial charge in [-0.05, 0) is 31.2 Å².